The van der Waals surface area contributed by atoms with E-state index in [4.69, 9.17) is 23.2 Å². The molecule has 2 unspecified atom stereocenters. The normalized spacial score (nSPS) is 26.9. The van der Waals surface area contributed by atoms with E-state index in [1.807, 2.05) is 6.07 Å². The van der Waals surface area contributed by atoms with E-state index in [0.29, 0.717) is 5.92 Å². The van der Waals surface area contributed by atoms with E-state index >= 15 is 0 Å². The Balaban J connectivity index is 1.89. The van der Waals surface area contributed by atoms with Gasteiger partial charge in [0, 0.05) is 35.6 Å². The molecule has 23 heavy (non-hydrogen) atoms. The minimum Gasteiger partial charge on any atom is -0.304 e. The molecule has 4 heteroatoms. The van der Waals surface area contributed by atoms with Crippen molar-refractivity contribution in [1.82, 2.24) is 10.2 Å². The molecule has 2 heterocycles. The van der Waals surface area contributed by atoms with E-state index in [9.17, 15) is 0 Å². The third-order valence-corrected chi connectivity index (χ3v) is 5.69. The molecule has 1 fully saturated rings. The van der Waals surface area contributed by atoms with Crippen molar-refractivity contribution in [3.63, 3.8) is 0 Å². The molecule has 2 atom stereocenters. The number of nitrogens with zero attached hydrogens (tertiary/aromatic N) is 1. The summed E-state index contributed by atoms with van der Waals surface area (Å²) in [6, 6.07) is 12.7. The second-order valence-electron chi connectivity index (χ2n) is 6.98. The van der Waals surface area contributed by atoms with Gasteiger partial charge in [0.1, 0.15) is 0 Å². The molecule has 2 aromatic carbocycles. The molecular formula is C19H20Cl2N2. The first-order valence-corrected chi connectivity index (χ1v) is 8.74. The van der Waals surface area contributed by atoms with Crippen LogP contribution in [0.1, 0.15) is 35.1 Å². The number of hydrogen-bond acceptors (Lipinski definition) is 2. The highest BCUT2D eigenvalue weighted by Gasteiger charge is 2.41. The van der Waals surface area contributed by atoms with E-state index in [1.54, 1.807) is 0 Å². The van der Waals surface area contributed by atoms with Gasteiger partial charge < -0.3 is 10.2 Å². The molecule has 0 saturated carbocycles. The lowest BCUT2D eigenvalue weighted by Gasteiger charge is -2.35. The van der Waals surface area contributed by atoms with Gasteiger partial charge in [-0.25, -0.2) is 0 Å². The second-order valence-corrected chi connectivity index (χ2v) is 7.82. The third-order valence-electron chi connectivity index (χ3n) is 5.13. The minimum atomic E-state index is 0.106. The molecule has 2 aliphatic rings. The van der Waals surface area contributed by atoms with Crippen LogP contribution < -0.4 is 5.32 Å². The summed E-state index contributed by atoms with van der Waals surface area (Å²) in [5, 5.41) is 4.99. The fraction of sp³-hybridized carbons (Fsp3) is 0.368. The molecule has 120 valence electrons. The summed E-state index contributed by atoms with van der Waals surface area (Å²) >= 11 is 12.8. The van der Waals surface area contributed by atoms with E-state index in [-0.39, 0.29) is 5.54 Å². The van der Waals surface area contributed by atoms with Gasteiger partial charge in [-0.05, 0) is 48.4 Å². The van der Waals surface area contributed by atoms with E-state index in [2.05, 4.69) is 54.5 Å². The molecular weight excluding hydrogens is 327 g/mol. The molecule has 2 nitrogen and oxygen atoms in total. The Kier molecular flexibility index (Phi) is 3.69. The Labute approximate surface area is 147 Å². The number of benzene rings is 2. The molecule has 0 aromatic heterocycles. The van der Waals surface area contributed by atoms with Gasteiger partial charge in [-0.2, -0.15) is 0 Å². The highest BCUT2D eigenvalue weighted by molar-refractivity contribution is 6.35. The zero-order valence-electron chi connectivity index (χ0n) is 13.4. The maximum absolute atomic E-state index is 6.48. The number of nitrogens with one attached hydrogen (secondary N) is 1. The largest absolute Gasteiger partial charge is 0.304 e. The van der Waals surface area contributed by atoms with Crippen molar-refractivity contribution in [2.45, 2.75) is 24.9 Å². The SMILES string of the molecule is CN1Cc2c(Cl)cc(Cl)cc2C(c2ccccc2C2(C)CN2)C1. The number of fused-ring (bicyclic) bond motifs is 1. The first-order valence-electron chi connectivity index (χ1n) is 7.99. The molecule has 0 radical (unpaired) electrons. The van der Waals surface area contributed by atoms with E-state index in [0.717, 1.165) is 29.7 Å². The average molecular weight is 347 g/mol. The fourth-order valence-corrected chi connectivity index (χ4v) is 4.31. The molecule has 0 spiro atoms. The average Bonchev–Trinajstić information content (AvgIpc) is 3.26. The second kappa shape index (κ2) is 5.49. The minimum absolute atomic E-state index is 0.106. The number of hydrogen-bond donors (Lipinski definition) is 1. The summed E-state index contributed by atoms with van der Waals surface area (Å²) in [4.78, 5) is 2.34. The zero-order chi connectivity index (χ0) is 16.2. The smallest absolute Gasteiger partial charge is 0.0536 e. The first kappa shape index (κ1) is 15.5. The molecule has 0 amide bonds. The maximum atomic E-state index is 6.48. The van der Waals surface area contributed by atoms with Crippen LogP contribution >= 0.6 is 23.2 Å². The lowest BCUT2D eigenvalue weighted by Crippen LogP contribution is -2.32. The van der Waals surface area contributed by atoms with Gasteiger partial charge in [0.25, 0.3) is 0 Å². The molecule has 0 bridgehead atoms. The number of likely N-dealkylation sites (N-methyl/N-ethyl adjacent to an activating group) is 1. The lowest BCUT2D eigenvalue weighted by molar-refractivity contribution is 0.294. The van der Waals surface area contributed by atoms with Crippen molar-refractivity contribution < 1.29 is 0 Å². The van der Waals surface area contributed by atoms with Crippen molar-refractivity contribution in [2.75, 3.05) is 20.1 Å². The van der Waals surface area contributed by atoms with Crippen LogP contribution in [-0.2, 0) is 12.1 Å². The highest BCUT2D eigenvalue weighted by atomic mass is 35.5. The zero-order valence-corrected chi connectivity index (χ0v) is 14.9. The summed E-state index contributed by atoms with van der Waals surface area (Å²) in [5.74, 6) is 0.301. The summed E-state index contributed by atoms with van der Waals surface area (Å²) in [7, 11) is 2.15. The maximum Gasteiger partial charge on any atom is 0.0536 e. The number of halogens is 2. The molecule has 0 aliphatic carbocycles. The molecule has 4 rings (SSSR count). The summed E-state index contributed by atoms with van der Waals surface area (Å²) in [5.41, 5.74) is 5.36. The van der Waals surface area contributed by atoms with Crippen molar-refractivity contribution in [3.05, 3.63) is 68.7 Å². The fourth-order valence-electron chi connectivity index (χ4n) is 3.74. The number of rotatable bonds is 2. The van der Waals surface area contributed by atoms with Crippen LogP contribution in [0.25, 0.3) is 0 Å². The van der Waals surface area contributed by atoms with Crippen LogP contribution in [0.3, 0.4) is 0 Å². The quantitative estimate of drug-likeness (QED) is 0.815. The van der Waals surface area contributed by atoms with Gasteiger partial charge in [-0.1, -0.05) is 47.5 Å². The first-order chi connectivity index (χ1) is 11.0. The van der Waals surface area contributed by atoms with Gasteiger partial charge in [0.05, 0.1) is 5.54 Å². The van der Waals surface area contributed by atoms with Gasteiger partial charge in [0.15, 0.2) is 0 Å². The van der Waals surface area contributed by atoms with Crippen molar-refractivity contribution in [3.8, 4) is 0 Å². The van der Waals surface area contributed by atoms with Gasteiger partial charge in [-0.3, -0.25) is 0 Å². The van der Waals surface area contributed by atoms with Crippen LogP contribution in [0, 0.1) is 0 Å². The van der Waals surface area contributed by atoms with E-state index in [1.165, 1.54) is 22.3 Å². The van der Waals surface area contributed by atoms with Crippen LogP contribution in [0.15, 0.2) is 36.4 Å². The standard InChI is InChI=1S/C19H20Cl2N2/c1-19(11-22-19)17-6-4-3-5-13(17)15-9-23(2)10-16-14(15)7-12(20)8-18(16)21/h3-8,15,22H,9-11H2,1-2H3. The Morgan fingerprint density at radius 1 is 1.17 bits per heavy atom. The van der Waals surface area contributed by atoms with Crippen molar-refractivity contribution >= 4 is 23.2 Å². The highest BCUT2D eigenvalue weighted by Crippen LogP contribution is 2.42. The lowest BCUT2D eigenvalue weighted by atomic mass is 9.80. The van der Waals surface area contributed by atoms with Crippen molar-refractivity contribution in [1.29, 1.82) is 0 Å². The van der Waals surface area contributed by atoms with Gasteiger partial charge in [0.2, 0.25) is 0 Å². The Morgan fingerprint density at radius 3 is 2.65 bits per heavy atom. The van der Waals surface area contributed by atoms with Crippen molar-refractivity contribution in [2.24, 2.45) is 0 Å². The third kappa shape index (κ3) is 2.68. The van der Waals surface area contributed by atoms with Gasteiger partial charge >= 0.3 is 0 Å². The van der Waals surface area contributed by atoms with E-state index < -0.39 is 0 Å². The molecule has 2 aromatic rings. The Hall–Kier alpha value is -1.06. The molecule has 1 saturated heterocycles. The molecule has 1 N–H and O–H groups in total. The Bertz CT molecular complexity index is 768. The molecule has 2 aliphatic heterocycles. The van der Waals surface area contributed by atoms with Crippen LogP contribution in [0.2, 0.25) is 10.0 Å². The van der Waals surface area contributed by atoms with Gasteiger partial charge in [-0.15, -0.1) is 0 Å². The summed E-state index contributed by atoms with van der Waals surface area (Å²) in [6.45, 7) is 5.16. The predicted molar refractivity (Wildman–Crippen MR) is 96.4 cm³/mol. The summed E-state index contributed by atoms with van der Waals surface area (Å²) < 4.78 is 0. The van der Waals surface area contributed by atoms with Crippen LogP contribution in [0.5, 0.6) is 0 Å². The van der Waals surface area contributed by atoms with Crippen LogP contribution in [0.4, 0.5) is 0 Å². The Morgan fingerprint density at radius 2 is 1.91 bits per heavy atom. The topological polar surface area (TPSA) is 25.2 Å². The monoisotopic (exact) mass is 346 g/mol. The predicted octanol–water partition coefficient (Wildman–Crippen LogP) is 4.39. The van der Waals surface area contributed by atoms with Crippen LogP contribution in [-0.4, -0.2) is 25.0 Å². The summed E-state index contributed by atoms with van der Waals surface area (Å²) in [6.07, 6.45) is 0.